The zero-order valence-electron chi connectivity index (χ0n) is 9.53. The van der Waals surface area contributed by atoms with Gasteiger partial charge in [-0.3, -0.25) is 9.59 Å². The Morgan fingerprint density at radius 2 is 2.35 bits per heavy atom. The Bertz CT molecular complexity index is 471. The molecule has 2 rings (SSSR count). The van der Waals surface area contributed by atoms with Crippen LogP contribution in [0.5, 0.6) is 5.75 Å². The fourth-order valence-electron chi connectivity index (χ4n) is 1.59. The first-order chi connectivity index (χ1) is 8.11. The average Bonchev–Trinajstić information content (AvgIpc) is 2.48. The molecular weight excluding hydrogens is 220 g/mol. The number of nitrogens with two attached hydrogens (primary N) is 1. The number of anilines is 1. The highest BCUT2D eigenvalue weighted by atomic mass is 16.5. The highest BCUT2D eigenvalue weighted by molar-refractivity contribution is 6.01. The van der Waals surface area contributed by atoms with Crippen LogP contribution in [-0.2, 0) is 4.79 Å². The molecule has 0 saturated carbocycles. The molecule has 17 heavy (non-hydrogen) atoms. The number of fused-ring (bicyclic) bond motifs is 1. The largest absolute Gasteiger partial charge is 0.491 e. The third kappa shape index (κ3) is 2.29. The number of benzene rings is 1. The van der Waals surface area contributed by atoms with Crippen LogP contribution in [-0.4, -0.2) is 24.8 Å². The van der Waals surface area contributed by atoms with Crippen molar-refractivity contribution in [2.45, 2.75) is 6.92 Å². The van der Waals surface area contributed by atoms with Crippen molar-refractivity contribution in [1.29, 1.82) is 0 Å². The molecule has 1 aromatic rings. The van der Waals surface area contributed by atoms with E-state index in [-0.39, 0.29) is 24.2 Å². The van der Waals surface area contributed by atoms with Crippen molar-refractivity contribution in [3.63, 3.8) is 0 Å². The van der Waals surface area contributed by atoms with Crippen LogP contribution in [0.2, 0.25) is 0 Å². The monoisotopic (exact) mass is 234 g/mol. The van der Waals surface area contributed by atoms with E-state index in [1.54, 1.807) is 25.1 Å². The maximum absolute atomic E-state index is 11.6. The Labute approximate surface area is 98.9 Å². The molecule has 5 nitrogen and oxygen atoms in total. The second-order valence-corrected chi connectivity index (χ2v) is 4.04. The number of ether oxygens (including phenoxy) is 1. The summed E-state index contributed by atoms with van der Waals surface area (Å²) in [6.45, 7) is 2.07. The molecular formula is C12H14N2O3. The van der Waals surface area contributed by atoms with Crippen LogP contribution >= 0.6 is 0 Å². The van der Waals surface area contributed by atoms with Crippen molar-refractivity contribution in [3.8, 4) is 5.75 Å². The van der Waals surface area contributed by atoms with Gasteiger partial charge in [0.05, 0.1) is 24.8 Å². The van der Waals surface area contributed by atoms with Crippen LogP contribution in [0.1, 0.15) is 17.3 Å². The molecule has 1 aliphatic heterocycles. The summed E-state index contributed by atoms with van der Waals surface area (Å²) in [7, 11) is 0. The zero-order valence-corrected chi connectivity index (χ0v) is 9.53. The van der Waals surface area contributed by atoms with Gasteiger partial charge in [0.1, 0.15) is 5.75 Å². The van der Waals surface area contributed by atoms with Gasteiger partial charge >= 0.3 is 0 Å². The highest BCUT2D eigenvalue weighted by Crippen LogP contribution is 2.29. The number of amides is 1. The molecule has 1 amide bonds. The Balaban J connectivity index is 2.35. The number of hydrogen-bond acceptors (Lipinski definition) is 4. The van der Waals surface area contributed by atoms with Crippen molar-refractivity contribution in [1.82, 2.24) is 0 Å². The summed E-state index contributed by atoms with van der Waals surface area (Å²) >= 11 is 0. The zero-order chi connectivity index (χ0) is 12.4. The summed E-state index contributed by atoms with van der Waals surface area (Å²) in [5.74, 6) is 0.0905. The standard InChI is InChI=1S/C12H14N2O3/c1-7-6-17-11-3-2-8(10(15)5-13)4-9(11)14-12(7)16/h2-4,7H,5-6,13H2,1H3,(H,14,16). The maximum atomic E-state index is 11.6. The van der Waals surface area contributed by atoms with Gasteiger partial charge in [0, 0.05) is 5.56 Å². The van der Waals surface area contributed by atoms with E-state index in [4.69, 9.17) is 10.5 Å². The predicted octanol–water partition coefficient (Wildman–Crippen LogP) is 0.795. The number of hydrogen-bond donors (Lipinski definition) is 2. The molecule has 0 spiro atoms. The lowest BCUT2D eigenvalue weighted by Crippen LogP contribution is -2.22. The highest BCUT2D eigenvalue weighted by Gasteiger charge is 2.21. The summed E-state index contributed by atoms with van der Waals surface area (Å²) in [6.07, 6.45) is 0. The summed E-state index contributed by atoms with van der Waals surface area (Å²) in [4.78, 5) is 23.1. The van der Waals surface area contributed by atoms with E-state index in [1.807, 2.05) is 0 Å². The quantitative estimate of drug-likeness (QED) is 0.741. The Kier molecular flexibility index (Phi) is 3.10. The Morgan fingerprint density at radius 1 is 1.59 bits per heavy atom. The number of rotatable bonds is 2. The number of nitrogens with one attached hydrogen (secondary N) is 1. The molecule has 0 bridgehead atoms. The normalized spacial score (nSPS) is 18.7. The first-order valence-electron chi connectivity index (χ1n) is 5.43. The fourth-order valence-corrected chi connectivity index (χ4v) is 1.59. The van der Waals surface area contributed by atoms with Crippen LogP contribution in [0.3, 0.4) is 0 Å². The first kappa shape index (κ1) is 11.6. The minimum Gasteiger partial charge on any atom is -0.491 e. The van der Waals surface area contributed by atoms with Crippen LogP contribution in [0.4, 0.5) is 5.69 Å². The van der Waals surface area contributed by atoms with Crippen molar-refractivity contribution in [2.24, 2.45) is 11.7 Å². The lowest BCUT2D eigenvalue weighted by Gasteiger charge is -2.08. The molecule has 1 heterocycles. The molecule has 5 heteroatoms. The van der Waals surface area contributed by atoms with Crippen LogP contribution in [0, 0.1) is 5.92 Å². The molecule has 0 aliphatic carbocycles. The smallest absolute Gasteiger partial charge is 0.230 e. The number of carbonyl (C=O) groups excluding carboxylic acids is 2. The molecule has 1 unspecified atom stereocenters. The number of Topliss-reactive ketones (excluding diaryl/α,β-unsaturated/α-hetero) is 1. The summed E-state index contributed by atoms with van der Waals surface area (Å²) in [5.41, 5.74) is 6.30. The number of ketones is 1. The van der Waals surface area contributed by atoms with Gasteiger partial charge in [-0.1, -0.05) is 6.92 Å². The van der Waals surface area contributed by atoms with Gasteiger partial charge in [0.15, 0.2) is 5.78 Å². The summed E-state index contributed by atoms with van der Waals surface area (Å²) in [5, 5.41) is 2.73. The van der Waals surface area contributed by atoms with Gasteiger partial charge in [0.2, 0.25) is 5.91 Å². The minimum atomic E-state index is -0.212. The summed E-state index contributed by atoms with van der Waals surface area (Å²) < 4.78 is 5.47. The molecule has 0 radical (unpaired) electrons. The molecule has 1 atom stereocenters. The van der Waals surface area contributed by atoms with Gasteiger partial charge in [-0.15, -0.1) is 0 Å². The predicted molar refractivity (Wildman–Crippen MR) is 63.1 cm³/mol. The number of carbonyl (C=O) groups is 2. The van der Waals surface area contributed by atoms with E-state index in [2.05, 4.69) is 5.32 Å². The molecule has 0 aromatic heterocycles. The third-order valence-electron chi connectivity index (χ3n) is 2.68. The maximum Gasteiger partial charge on any atom is 0.230 e. The van der Waals surface area contributed by atoms with Crippen LogP contribution < -0.4 is 15.8 Å². The Hall–Kier alpha value is -1.88. The topological polar surface area (TPSA) is 81.4 Å². The molecule has 1 aliphatic rings. The summed E-state index contributed by atoms with van der Waals surface area (Å²) in [6, 6.07) is 4.92. The van der Waals surface area contributed by atoms with Gasteiger partial charge in [-0.2, -0.15) is 0 Å². The van der Waals surface area contributed by atoms with E-state index >= 15 is 0 Å². The second kappa shape index (κ2) is 4.55. The molecule has 1 aromatic carbocycles. The average molecular weight is 234 g/mol. The van der Waals surface area contributed by atoms with Crippen molar-refractivity contribution < 1.29 is 14.3 Å². The molecule has 0 saturated heterocycles. The van der Waals surface area contributed by atoms with Crippen molar-refractivity contribution in [2.75, 3.05) is 18.5 Å². The lowest BCUT2D eigenvalue weighted by molar-refractivity contribution is -0.119. The van der Waals surface area contributed by atoms with E-state index in [9.17, 15) is 9.59 Å². The van der Waals surface area contributed by atoms with E-state index in [0.717, 1.165) is 0 Å². The van der Waals surface area contributed by atoms with Gasteiger partial charge < -0.3 is 15.8 Å². The fraction of sp³-hybridized carbons (Fsp3) is 0.333. The van der Waals surface area contributed by atoms with E-state index < -0.39 is 0 Å². The molecule has 3 N–H and O–H groups in total. The Morgan fingerprint density at radius 3 is 3.06 bits per heavy atom. The molecule has 90 valence electrons. The second-order valence-electron chi connectivity index (χ2n) is 4.04. The van der Waals surface area contributed by atoms with E-state index in [1.165, 1.54) is 0 Å². The SMILES string of the molecule is CC1COc2ccc(C(=O)CN)cc2NC1=O. The lowest BCUT2D eigenvalue weighted by atomic mass is 10.1. The van der Waals surface area contributed by atoms with Crippen molar-refractivity contribution >= 4 is 17.4 Å². The third-order valence-corrected chi connectivity index (χ3v) is 2.68. The minimum absolute atomic E-state index is 0.0516. The first-order valence-corrected chi connectivity index (χ1v) is 5.43. The van der Waals surface area contributed by atoms with Gasteiger partial charge in [0.25, 0.3) is 0 Å². The van der Waals surface area contributed by atoms with Crippen LogP contribution in [0.25, 0.3) is 0 Å². The molecule has 0 fully saturated rings. The van der Waals surface area contributed by atoms with Gasteiger partial charge in [-0.05, 0) is 18.2 Å². The van der Waals surface area contributed by atoms with Crippen molar-refractivity contribution in [3.05, 3.63) is 23.8 Å². The van der Waals surface area contributed by atoms with Gasteiger partial charge in [-0.25, -0.2) is 0 Å². The van der Waals surface area contributed by atoms with E-state index in [0.29, 0.717) is 23.6 Å². The van der Waals surface area contributed by atoms with Crippen LogP contribution in [0.15, 0.2) is 18.2 Å².